The van der Waals surface area contributed by atoms with Gasteiger partial charge in [-0.25, -0.2) is 0 Å². The molecule has 0 bridgehead atoms. The fourth-order valence-corrected chi connectivity index (χ4v) is 19.3. The van der Waals surface area contributed by atoms with Crippen LogP contribution in [0.25, 0.3) is 104 Å². The first-order chi connectivity index (χ1) is 50.8. The van der Waals surface area contributed by atoms with Gasteiger partial charge in [0.25, 0.3) is 0 Å². The summed E-state index contributed by atoms with van der Waals surface area (Å²) in [4.78, 5) is 6.98. The second kappa shape index (κ2) is 27.7. The minimum Gasteiger partial charge on any atom is -0.454 e. The Hall–Kier alpha value is -11.0. The zero-order valence-corrected chi connectivity index (χ0v) is 60.8. The van der Waals surface area contributed by atoms with Gasteiger partial charge >= 0.3 is 0 Å². The summed E-state index contributed by atoms with van der Waals surface area (Å²) in [6, 6.07) is 125. The second-order valence-corrected chi connectivity index (χ2v) is 30.4. The van der Waals surface area contributed by atoms with Crippen LogP contribution < -0.4 is 14.7 Å². The van der Waals surface area contributed by atoms with Gasteiger partial charge < -0.3 is 19.1 Å². The molecule has 0 unspecified atom stereocenters. The van der Waals surface area contributed by atoms with Crippen LogP contribution >= 0.6 is 73.1 Å². The normalized spacial score (nSPS) is 11.5. The minimum absolute atomic E-state index is 0.704. The number of fused-ring (bicyclic) bond motifs is 16. The molecule has 16 aromatic carbocycles. The van der Waals surface area contributed by atoms with E-state index in [9.17, 15) is 0 Å². The highest BCUT2D eigenvalue weighted by Crippen LogP contribution is 2.49. The molecule has 103 heavy (non-hydrogen) atoms. The summed E-state index contributed by atoms with van der Waals surface area (Å²) in [5.41, 5.74) is 14.6. The van der Waals surface area contributed by atoms with E-state index in [4.69, 9.17) is 27.6 Å². The van der Waals surface area contributed by atoms with E-state index in [0.29, 0.717) is 5.02 Å². The molecule has 0 radical (unpaired) electrons. The van der Waals surface area contributed by atoms with Crippen molar-refractivity contribution in [2.75, 3.05) is 14.7 Å². The van der Waals surface area contributed by atoms with E-state index in [1.165, 1.54) is 88.1 Å². The number of anilines is 9. The second-order valence-electron chi connectivity index (χ2n) is 25.5. The van der Waals surface area contributed by atoms with Gasteiger partial charge in [0, 0.05) is 133 Å². The summed E-state index contributed by atoms with van der Waals surface area (Å²) in [6.45, 7) is 0. The van der Waals surface area contributed by atoms with E-state index in [1.807, 2.05) is 58.3 Å². The van der Waals surface area contributed by atoms with E-state index in [2.05, 4.69) is 358 Å². The molecule has 20 aromatic rings. The smallest absolute Gasteiger partial charge is 0.149 e. The van der Waals surface area contributed by atoms with Crippen LogP contribution in [-0.4, -0.2) is 0 Å². The van der Waals surface area contributed by atoms with Gasteiger partial charge in [0.15, 0.2) is 0 Å². The van der Waals surface area contributed by atoms with E-state index >= 15 is 0 Å². The Morgan fingerprint density at radius 3 is 1.17 bits per heavy atom. The fraction of sp³-hybridized carbons (Fsp3) is 0.0108. The van der Waals surface area contributed by atoms with Crippen LogP contribution in [0.2, 0.25) is 10.0 Å². The highest BCUT2D eigenvalue weighted by atomic mass is 79.9. The molecule has 4 heterocycles. The number of thiophene rings is 3. The number of hydrogen-bond acceptors (Lipinski definition) is 7. The molecule has 0 spiro atoms. The molecule has 0 N–H and O–H groups in total. The van der Waals surface area contributed by atoms with Gasteiger partial charge in [-0.1, -0.05) is 242 Å². The first-order valence-electron chi connectivity index (χ1n) is 34.1. The highest BCUT2D eigenvalue weighted by molar-refractivity contribution is 9.10. The summed E-state index contributed by atoms with van der Waals surface area (Å²) in [5.74, 6) is 0. The summed E-state index contributed by atoms with van der Waals surface area (Å²) >= 11 is 22.4. The van der Waals surface area contributed by atoms with Crippen LogP contribution in [-0.2, 0) is 6.42 Å². The van der Waals surface area contributed by atoms with Gasteiger partial charge in [-0.15, -0.1) is 34.0 Å². The average molecular weight is 1480 g/mol. The summed E-state index contributed by atoms with van der Waals surface area (Å²) in [5, 5.41) is 15.9. The Labute approximate surface area is 626 Å². The van der Waals surface area contributed by atoms with Crippen LogP contribution in [0.3, 0.4) is 0 Å². The van der Waals surface area contributed by atoms with Gasteiger partial charge in [-0.3, -0.25) is 0 Å². The maximum atomic E-state index is 7.21. The molecule has 0 saturated carbocycles. The fourth-order valence-electron chi connectivity index (χ4n) is 14.4. The van der Waals surface area contributed by atoms with Crippen molar-refractivity contribution < 1.29 is 4.42 Å². The number of rotatable bonds is 11. The highest BCUT2D eigenvalue weighted by Gasteiger charge is 2.22. The number of nitrogens with zero attached hydrogens (tertiary/aromatic N) is 3. The van der Waals surface area contributed by atoms with E-state index in [1.54, 1.807) is 0 Å². The average Bonchev–Trinajstić information content (AvgIpc) is 1.62. The third-order valence-corrected chi connectivity index (χ3v) is 23.6. The lowest BCUT2D eigenvalue weighted by Gasteiger charge is -2.26. The number of benzene rings is 16. The zero-order chi connectivity index (χ0) is 68.9. The molecule has 0 amide bonds. The molecule has 0 saturated heterocycles. The number of hydrogen-bond donors (Lipinski definition) is 0. The number of halogens is 3. The number of para-hydroxylation sites is 5. The summed E-state index contributed by atoms with van der Waals surface area (Å²) < 4.78 is 14.5. The quantitative estimate of drug-likeness (QED) is 0.129. The maximum absolute atomic E-state index is 7.21. The SMILES string of the molecule is Clc1cc(Br)c2oc3c4ccccc4ccc3c2c1.Clc1cc(N(c2ccccc2)c2ccc3c(c2)sc2cc(N(c4ccccc4)c4ccccc4)ccc23)cc2sc3c4ccccc4ccc3c12.c1ccc(Cc2ccc3c(c2)sc2cc(N(c4ccccc4)c4ccccc4)ccc23)cc1. The Bertz CT molecular complexity index is 6450. The Morgan fingerprint density at radius 2 is 0.670 bits per heavy atom. The van der Waals surface area contributed by atoms with Gasteiger partial charge in [0.2, 0.25) is 0 Å². The van der Waals surface area contributed by atoms with Gasteiger partial charge in [0.05, 0.1) is 9.50 Å². The third kappa shape index (κ3) is 12.4. The van der Waals surface area contributed by atoms with E-state index < -0.39 is 0 Å². The standard InChI is InChI=1S/C46H29ClN2S2.C31H23NS.C16H8BrClO/c47-41-26-36(29-44-45(41)40-23-20-30-12-10-11-19-37(30)46(40)51-44)49(33-17-8-3-9-18-33)35-22-25-39-38-24-21-34(27-42(38)50-43(39)28-35)48(31-13-4-1-5-14-31)32-15-6-2-7-16-32;1-4-10-23(11-5-1)20-24-16-18-28-29-19-17-27(22-31(29)33-30(28)21-24)32(25-12-6-2-7-13-25)26-14-8-3-9-15-26;17-14-8-10(18)7-13-12-6-5-9-3-1-2-4-11(9)15(12)19-16(13)14/h1-29H;1-19,21-22H,20H2;1-8H. The molecule has 0 aliphatic rings. The third-order valence-electron chi connectivity index (χ3n) is 19.1. The monoisotopic (exact) mass is 1480 g/mol. The van der Waals surface area contributed by atoms with E-state index in [-0.39, 0.29) is 0 Å². The topological polar surface area (TPSA) is 22.9 Å². The van der Waals surface area contributed by atoms with Crippen LogP contribution in [0.15, 0.2) is 361 Å². The van der Waals surface area contributed by atoms with Crippen LogP contribution in [0.5, 0.6) is 0 Å². The van der Waals surface area contributed by atoms with Crippen molar-refractivity contribution in [2.45, 2.75) is 6.42 Å². The van der Waals surface area contributed by atoms with Crippen LogP contribution in [0.4, 0.5) is 51.2 Å². The predicted molar refractivity (Wildman–Crippen MR) is 451 cm³/mol. The van der Waals surface area contributed by atoms with Crippen molar-refractivity contribution in [1.29, 1.82) is 0 Å². The predicted octanol–water partition coefficient (Wildman–Crippen LogP) is 30.4. The lowest BCUT2D eigenvalue weighted by molar-refractivity contribution is 0.670. The molecular formula is C93H60BrCl2N3OS3. The van der Waals surface area contributed by atoms with Crippen molar-refractivity contribution in [1.82, 2.24) is 0 Å². The molecule has 492 valence electrons. The van der Waals surface area contributed by atoms with Crippen molar-refractivity contribution in [2.24, 2.45) is 0 Å². The molecule has 0 atom stereocenters. The number of furan rings is 1. The summed E-state index contributed by atoms with van der Waals surface area (Å²) in [7, 11) is 0. The van der Waals surface area contributed by atoms with Crippen molar-refractivity contribution in [3.05, 3.63) is 377 Å². The van der Waals surface area contributed by atoms with Crippen molar-refractivity contribution in [3.8, 4) is 0 Å². The van der Waals surface area contributed by atoms with Crippen LogP contribution in [0.1, 0.15) is 11.1 Å². The van der Waals surface area contributed by atoms with Crippen LogP contribution in [0, 0.1) is 0 Å². The largest absolute Gasteiger partial charge is 0.454 e. The molecule has 0 aliphatic heterocycles. The molecule has 4 nitrogen and oxygen atoms in total. The summed E-state index contributed by atoms with van der Waals surface area (Å²) in [6.07, 6.45) is 0.964. The molecule has 0 fully saturated rings. The van der Waals surface area contributed by atoms with Gasteiger partial charge in [0.1, 0.15) is 11.2 Å². The molecular weight excluding hydrogens is 1420 g/mol. The van der Waals surface area contributed by atoms with Gasteiger partial charge in [-0.05, 0) is 183 Å². The first kappa shape index (κ1) is 64.1. The molecule has 10 heteroatoms. The molecule has 0 aliphatic carbocycles. The lowest BCUT2D eigenvalue weighted by Crippen LogP contribution is -2.09. The Morgan fingerprint density at radius 1 is 0.272 bits per heavy atom. The maximum Gasteiger partial charge on any atom is 0.149 e. The molecule has 20 rings (SSSR count). The van der Waals surface area contributed by atoms with Gasteiger partial charge in [-0.2, -0.15) is 0 Å². The van der Waals surface area contributed by atoms with E-state index in [0.717, 1.165) is 94.1 Å². The van der Waals surface area contributed by atoms with Crippen molar-refractivity contribution >= 4 is 228 Å². The molecule has 4 aromatic heterocycles. The lowest BCUT2D eigenvalue weighted by atomic mass is 10.0. The first-order valence-corrected chi connectivity index (χ1v) is 38.1. The van der Waals surface area contributed by atoms with Crippen molar-refractivity contribution in [3.63, 3.8) is 0 Å². The Kier molecular flexibility index (Phi) is 17.2. The zero-order valence-electron chi connectivity index (χ0n) is 55.3. The Balaban J connectivity index is 0.000000124. The minimum atomic E-state index is 0.704.